The molecule has 0 fully saturated rings. The molecule has 1 amide bonds. The van der Waals surface area contributed by atoms with E-state index in [1.807, 2.05) is 69.7 Å². The number of pyridine rings is 1. The molecule has 0 saturated carbocycles. The maximum Gasteiger partial charge on any atom is 0.247 e. The minimum atomic E-state index is -0.304. The first kappa shape index (κ1) is 25.5. The molecule has 4 rings (SSSR count). The Morgan fingerprint density at radius 3 is 2.65 bits per heavy atom. The van der Waals surface area contributed by atoms with Gasteiger partial charge >= 0.3 is 0 Å². The van der Waals surface area contributed by atoms with Crippen LogP contribution in [0.25, 0.3) is 16.6 Å². The van der Waals surface area contributed by atoms with Crippen molar-refractivity contribution in [1.29, 1.82) is 0 Å². The third kappa shape index (κ3) is 5.65. The van der Waals surface area contributed by atoms with Crippen LogP contribution in [0.1, 0.15) is 0 Å². The molecule has 0 saturated heterocycles. The molecule has 0 radical (unpaired) electrons. The number of fused-ring (bicyclic) bond motifs is 1. The predicted molar refractivity (Wildman–Crippen MR) is 150 cm³/mol. The molecule has 37 heavy (non-hydrogen) atoms. The number of nitrogens with two attached hydrogens (primary N) is 1. The molecule has 4 N–H and O–H groups in total. The first-order chi connectivity index (χ1) is 17.8. The van der Waals surface area contributed by atoms with Gasteiger partial charge in [-0.05, 0) is 44.4 Å². The van der Waals surface area contributed by atoms with Crippen molar-refractivity contribution in [2.75, 3.05) is 62.6 Å². The van der Waals surface area contributed by atoms with Gasteiger partial charge in [-0.15, -0.1) is 5.10 Å². The number of nitrogen functional groups attached to an aromatic ring is 1. The van der Waals surface area contributed by atoms with E-state index < -0.39 is 0 Å². The van der Waals surface area contributed by atoms with Crippen molar-refractivity contribution in [3.63, 3.8) is 0 Å². The van der Waals surface area contributed by atoms with Gasteiger partial charge in [0.25, 0.3) is 0 Å². The zero-order valence-electron chi connectivity index (χ0n) is 21.5. The van der Waals surface area contributed by atoms with E-state index in [0.717, 1.165) is 35.4 Å². The van der Waals surface area contributed by atoms with Crippen LogP contribution in [0.3, 0.4) is 0 Å². The first-order valence-electron chi connectivity index (χ1n) is 11.8. The van der Waals surface area contributed by atoms with Crippen LogP contribution >= 0.6 is 0 Å². The number of hydrogen-bond acceptors (Lipinski definition) is 8. The van der Waals surface area contributed by atoms with Crippen molar-refractivity contribution in [3.8, 4) is 11.4 Å². The van der Waals surface area contributed by atoms with Crippen LogP contribution in [-0.4, -0.2) is 66.9 Å². The monoisotopic (exact) mass is 500 g/mol. The van der Waals surface area contributed by atoms with Crippen LogP contribution in [0.2, 0.25) is 0 Å². The van der Waals surface area contributed by atoms with Gasteiger partial charge in [0.15, 0.2) is 5.82 Å². The molecule has 0 atom stereocenters. The van der Waals surface area contributed by atoms with Gasteiger partial charge in [0.1, 0.15) is 11.6 Å². The Hall–Kier alpha value is -4.57. The normalized spacial score (nSPS) is 10.9. The van der Waals surface area contributed by atoms with Crippen molar-refractivity contribution >= 4 is 45.5 Å². The molecule has 4 aromatic rings. The van der Waals surface area contributed by atoms with Gasteiger partial charge in [-0.3, -0.25) is 4.79 Å². The van der Waals surface area contributed by atoms with Crippen LogP contribution in [-0.2, 0) is 4.79 Å². The minimum absolute atomic E-state index is 0.304. The summed E-state index contributed by atoms with van der Waals surface area (Å²) < 4.78 is 7.49. The molecule has 192 valence electrons. The molecular weight excluding hydrogens is 468 g/mol. The molecule has 2 heterocycles. The lowest BCUT2D eigenvalue weighted by Crippen LogP contribution is -2.29. The Balaban J connectivity index is 1.71. The number of hydrogen-bond donors (Lipinski definition) is 3. The molecule has 0 unspecified atom stereocenters. The summed E-state index contributed by atoms with van der Waals surface area (Å²) in [6.45, 7) is 5.18. The summed E-state index contributed by atoms with van der Waals surface area (Å²) in [5, 5.41) is 11.6. The number of amides is 1. The maximum absolute atomic E-state index is 12.2. The topological polar surface area (TPSA) is 114 Å². The molecule has 2 aromatic carbocycles. The largest absolute Gasteiger partial charge is 0.494 e. The number of aromatic nitrogens is 3. The second-order valence-electron chi connectivity index (χ2n) is 8.83. The highest BCUT2D eigenvalue weighted by atomic mass is 16.5. The van der Waals surface area contributed by atoms with Crippen molar-refractivity contribution < 1.29 is 9.53 Å². The third-order valence-corrected chi connectivity index (χ3v) is 5.92. The quantitative estimate of drug-likeness (QED) is 0.281. The second-order valence-corrected chi connectivity index (χ2v) is 8.83. The molecule has 0 aliphatic rings. The summed E-state index contributed by atoms with van der Waals surface area (Å²) in [5.41, 5.74) is 9.90. The Labute approximate surface area is 216 Å². The van der Waals surface area contributed by atoms with Gasteiger partial charge in [0, 0.05) is 43.9 Å². The van der Waals surface area contributed by atoms with E-state index >= 15 is 0 Å². The van der Waals surface area contributed by atoms with Gasteiger partial charge in [-0.25, -0.2) is 9.67 Å². The van der Waals surface area contributed by atoms with Crippen molar-refractivity contribution in [2.45, 2.75) is 0 Å². The molecule has 0 aliphatic carbocycles. The number of rotatable bonds is 10. The van der Waals surface area contributed by atoms with Crippen molar-refractivity contribution in [3.05, 3.63) is 67.4 Å². The summed E-state index contributed by atoms with van der Waals surface area (Å²) in [6, 6.07) is 15.2. The number of nitrogens with one attached hydrogen (secondary N) is 2. The fourth-order valence-electron chi connectivity index (χ4n) is 3.95. The van der Waals surface area contributed by atoms with E-state index in [1.54, 1.807) is 18.0 Å². The fourth-order valence-corrected chi connectivity index (χ4v) is 3.95. The maximum atomic E-state index is 12.2. The van der Waals surface area contributed by atoms with E-state index in [4.69, 9.17) is 10.5 Å². The van der Waals surface area contributed by atoms with E-state index in [9.17, 15) is 4.79 Å². The van der Waals surface area contributed by atoms with Crippen LogP contribution in [0, 0.1) is 0 Å². The Morgan fingerprint density at radius 1 is 1.14 bits per heavy atom. The minimum Gasteiger partial charge on any atom is -0.494 e. The third-order valence-electron chi connectivity index (χ3n) is 5.92. The Morgan fingerprint density at radius 2 is 1.92 bits per heavy atom. The Bertz CT molecular complexity index is 1430. The number of nitrogens with zero attached hydrogens (tertiary/aromatic N) is 5. The van der Waals surface area contributed by atoms with Crippen LogP contribution < -0.4 is 26.0 Å². The summed E-state index contributed by atoms with van der Waals surface area (Å²) in [7, 11) is 7.61. The highest BCUT2D eigenvalue weighted by Crippen LogP contribution is 2.38. The zero-order valence-corrected chi connectivity index (χ0v) is 21.5. The van der Waals surface area contributed by atoms with Crippen LogP contribution in [0.5, 0.6) is 5.75 Å². The van der Waals surface area contributed by atoms with Gasteiger partial charge in [-0.1, -0.05) is 18.7 Å². The smallest absolute Gasteiger partial charge is 0.247 e. The average molecular weight is 501 g/mol. The van der Waals surface area contributed by atoms with Crippen molar-refractivity contribution in [2.24, 2.45) is 0 Å². The number of anilines is 5. The lowest BCUT2D eigenvalue weighted by Gasteiger charge is -2.26. The Kier molecular flexibility index (Phi) is 7.59. The average Bonchev–Trinajstić information content (AvgIpc) is 3.24. The SMILES string of the molecule is C=CC(=O)Nc1cc(Nc2cc(-n3nc(N)c4ccccc43)ccn2)c(OC)cc1N(C)CCN(C)C. The van der Waals surface area contributed by atoms with E-state index in [-0.39, 0.29) is 5.91 Å². The number of para-hydroxylation sites is 1. The van der Waals surface area contributed by atoms with E-state index in [1.165, 1.54) is 6.08 Å². The molecule has 2 aromatic heterocycles. The summed E-state index contributed by atoms with van der Waals surface area (Å²) in [5.74, 6) is 1.33. The molecule has 0 spiro atoms. The number of benzene rings is 2. The van der Waals surface area contributed by atoms with Gasteiger partial charge in [0.05, 0.1) is 35.4 Å². The number of likely N-dealkylation sites (N-methyl/N-ethyl adjacent to an activating group) is 2. The molecular formula is C27H32N8O2. The van der Waals surface area contributed by atoms with E-state index in [0.29, 0.717) is 28.8 Å². The number of ether oxygens (including phenoxy) is 1. The number of carbonyl (C=O) groups is 1. The summed E-state index contributed by atoms with van der Waals surface area (Å²) >= 11 is 0. The molecule has 0 bridgehead atoms. The highest BCUT2D eigenvalue weighted by Gasteiger charge is 2.17. The highest BCUT2D eigenvalue weighted by molar-refractivity contribution is 6.02. The predicted octanol–water partition coefficient (Wildman–Crippen LogP) is 3.88. The standard InChI is InChI=1S/C27H32N8O2/c1-6-26(36)31-20-16-21(24(37-5)17-23(20)34(4)14-13-33(2)3)30-25-15-18(11-12-29-25)35-22-10-8-7-9-19(22)27(28)32-35/h6-12,15-17H,1,13-14H2,2-5H3,(H2,28,32)(H,29,30)(H,31,36). The lowest BCUT2D eigenvalue weighted by atomic mass is 10.2. The van der Waals surface area contributed by atoms with Crippen LogP contribution in [0.15, 0.2) is 67.4 Å². The molecule has 10 heteroatoms. The number of carbonyl (C=O) groups excluding carboxylic acids is 1. The lowest BCUT2D eigenvalue weighted by molar-refractivity contribution is -0.111. The summed E-state index contributed by atoms with van der Waals surface area (Å²) in [6.07, 6.45) is 2.94. The fraction of sp³-hybridized carbons (Fsp3) is 0.222. The van der Waals surface area contributed by atoms with Gasteiger partial charge in [0.2, 0.25) is 5.91 Å². The zero-order chi connectivity index (χ0) is 26.5. The summed E-state index contributed by atoms with van der Waals surface area (Å²) in [4.78, 5) is 20.9. The molecule has 10 nitrogen and oxygen atoms in total. The van der Waals surface area contributed by atoms with Crippen LogP contribution in [0.4, 0.5) is 28.7 Å². The van der Waals surface area contributed by atoms with Crippen molar-refractivity contribution in [1.82, 2.24) is 19.7 Å². The molecule has 0 aliphatic heterocycles. The second kappa shape index (κ2) is 11.0. The van der Waals surface area contributed by atoms with Gasteiger partial charge < -0.3 is 30.9 Å². The number of methoxy groups -OCH3 is 1. The first-order valence-corrected chi connectivity index (χ1v) is 11.8. The van der Waals surface area contributed by atoms with E-state index in [2.05, 4.69) is 37.1 Å². The van der Waals surface area contributed by atoms with Gasteiger partial charge in [-0.2, -0.15) is 0 Å².